The summed E-state index contributed by atoms with van der Waals surface area (Å²) in [5, 5.41) is 21.1. The molecule has 9 heteroatoms. The van der Waals surface area contributed by atoms with E-state index in [2.05, 4.69) is 20.7 Å². The van der Waals surface area contributed by atoms with E-state index in [9.17, 15) is 9.50 Å². The molecule has 0 radical (unpaired) electrons. The van der Waals surface area contributed by atoms with Gasteiger partial charge in [-0.3, -0.25) is 4.68 Å². The fourth-order valence-electron chi connectivity index (χ4n) is 2.76. The second kappa shape index (κ2) is 11.5. The van der Waals surface area contributed by atoms with E-state index in [1.807, 2.05) is 39.0 Å². The predicted molar refractivity (Wildman–Crippen MR) is 125 cm³/mol. The van der Waals surface area contributed by atoms with Gasteiger partial charge in [0, 0.05) is 37.5 Å². The van der Waals surface area contributed by atoms with E-state index in [0.717, 1.165) is 11.1 Å². The van der Waals surface area contributed by atoms with Crippen LogP contribution in [0.5, 0.6) is 0 Å². The molecule has 1 unspecified atom stereocenters. The number of nitrogens with zero attached hydrogens (tertiary/aromatic N) is 4. The van der Waals surface area contributed by atoms with Crippen molar-refractivity contribution in [1.82, 2.24) is 25.3 Å². The van der Waals surface area contributed by atoms with Gasteiger partial charge in [0.1, 0.15) is 11.4 Å². The van der Waals surface area contributed by atoms with Crippen LogP contribution >= 0.6 is 24.0 Å². The van der Waals surface area contributed by atoms with Crippen LogP contribution in [-0.2, 0) is 25.7 Å². The number of aliphatic imine (C=N–C) groups is 1. The fraction of sp³-hybridized carbons (Fsp3) is 0.500. The van der Waals surface area contributed by atoms with Crippen molar-refractivity contribution in [3.63, 3.8) is 0 Å². The summed E-state index contributed by atoms with van der Waals surface area (Å²) in [7, 11) is 5.63. The van der Waals surface area contributed by atoms with Crippen molar-refractivity contribution in [3.05, 3.63) is 53.1 Å². The molecule has 0 aliphatic heterocycles. The predicted octanol–water partition coefficient (Wildman–Crippen LogP) is 2.20. The van der Waals surface area contributed by atoms with Crippen molar-refractivity contribution >= 4 is 29.9 Å². The Morgan fingerprint density at radius 1 is 1.34 bits per heavy atom. The second-order valence-corrected chi connectivity index (χ2v) is 7.39. The van der Waals surface area contributed by atoms with Gasteiger partial charge in [-0.1, -0.05) is 6.07 Å². The lowest BCUT2D eigenvalue weighted by molar-refractivity contribution is 0.0616. The maximum Gasteiger partial charge on any atom is 0.191 e. The Morgan fingerprint density at radius 3 is 2.66 bits per heavy atom. The summed E-state index contributed by atoms with van der Waals surface area (Å²) in [6, 6.07) is 5.07. The molecular weight excluding hydrogens is 486 g/mol. The van der Waals surface area contributed by atoms with Crippen molar-refractivity contribution in [3.8, 4) is 0 Å². The average molecular weight is 518 g/mol. The molecular formula is C20H32FIN6O. The number of aryl methyl sites for hydroxylation is 1. The SMILES string of the molecule is CCNC(=NCc1ccc(F)c(CN(C)C)c1)NCC(C)(O)c1cnn(C)c1.I. The third-order valence-corrected chi connectivity index (χ3v) is 4.29. The van der Waals surface area contributed by atoms with Crippen molar-refractivity contribution in [2.45, 2.75) is 32.5 Å². The molecule has 0 amide bonds. The number of aliphatic hydroxyl groups is 1. The molecule has 1 heterocycles. The molecule has 7 nitrogen and oxygen atoms in total. The highest BCUT2D eigenvalue weighted by molar-refractivity contribution is 14.0. The lowest BCUT2D eigenvalue weighted by Crippen LogP contribution is -2.44. The van der Waals surface area contributed by atoms with Gasteiger partial charge >= 0.3 is 0 Å². The van der Waals surface area contributed by atoms with Gasteiger partial charge < -0.3 is 20.6 Å². The van der Waals surface area contributed by atoms with Crippen LogP contribution in [0.3, 0.4) is 0 Å². The van der Waals surface area contributed by atoms with Crippen LogP contribution in [-0.4, -0.2) is 52.9 Å². The van der Waals surface area contributed by atoms with Crippen LogP contribution in [0, 0.1) is 5.82 Å². The van der Waals surface area contributed by atoms with E-state index >= 15 is 0 Å². The molecule has 0 saturated heterocycles. The molecule has 162 valence electrons. The molecule has 0 spiro atoms. The van der Waals surface area contributed by atoms with Gasteiger partial charge in [-0.05, 0) is 45.6 Å². The highest BCUT2D eigenvalue weighted by Gasteiger charge is 2.25. The van der Waals surface area contributed by atoms with Crippen LogP contribution < -0.4 is 10.6 Å². The Hall–Kier alpha value is -1.72. The van der Waals surface area contributed by atoms with Crippen LogP contribution in [0.2, 0.25) is 0 Å². The highest BCUT2D eigenvalue weighted by Crippen LogP contribution is 2.18. The van der Waals surface area contributed by atoms with Crippen molar-refractivity contribution in [2.75, 3.05) is 27.2 Å². The first-order valence-corrected chi connectivity index (χ1v) is 9.37. The molecule has 0 aliphatic rings. The third kappa shape index (κ3) is 7.90. The molecule has 1 atom stereocenters. The normalized spacial score (nSPS) is 13.7. The van der Waals surface area contributed by atoms with Crippen LogP contribution in [0.15, 0.2) is 35.6 Å². The first-order chi connectivity index (χ1) is 13.2. The van der Waals surface area contributed by atoms with Gasteiger partial charge in [-0.15, -0.1) is 24.0 Å². The molecule has 2 rings (SSSR count). The summed E-state index contributed by atoms with van der Waals surface area (Å²) in [6.45, 7) is 5.62. The quantitative estimate of drug-likeness (QED) is 0.284. The van der Waals surface area contributed by atoms with E-state index in [-0.39, 0.29) is 36.3 Å². The Kier molecular flexibility index (Phi) is 10.0. The first-order valence-electron chi connectivity index (χ1n) is 9.37. The minimum Gasteiger partial charge on any atom is -0.383 e. The molecule has 0 saturated carbocycles. The maximum absolute atomic E-state index is 13.9. The second-order valence-electron chi connectivity index (χ2n) is 7.39. The molecule has 0 aliphatic carbocycles. The van der Waals surface area contributed by atoms with Crippen LogP contribution in [0.4, 0.5) is 4.39 Å². The number of hydrogen-bond donors (Lipinski definition) is 3. The topological polar surface area (TPSA) is 77.7 Å². The average Bonchev–Trinajstić information content (AvgIpc) is 3.07. The zero-order valence-electron chi connectivity index (χ0n) is 17.7. The number of rotatable bonds is 8. The summed E-state index contributed by atoms with van der Waals surface area (Å²) >= 11 is 0. The molecule has 0 fully saturated rings. The van der Waals surface area contributed by atoms with Gasteiger partial charge in [0.2, 0.25) is 0 Å². The monoisotopic (exact) mass is 518 g/mol. The minimum atomic E-state index is -1.08. The lowest BCUT2D eigenvalue weighted by Gasteiger charge is -2.23. The molecule has 0 bridgehead atoms. The van der Waals surface area contributed by atoms with E-state index in [1.54, 1.807) is 30.1 Å². The van der Waals surface area contributed by atoms with Gasteiger partial charge in [-0.25, -0.2) is 9.38 Å². The van der Waals surface area contributed by atoms with Crippen molar-refractivity contribution < 1.29 is 9.50 Å². The van der Waals surface area contributed by atoms with E-state index in [1.165, 1.54) is 6.07 Å². The smallest absolute Gasteiger partial charge is 0.191 e. The van der Waals surface area contributed by atoms with E-state index in [0.29, 0.717) is 31.2 Å². The summed E-state index contributed by atoms with van der Waals surface area (Å²) in [4.78, 5) is 6.49. The van der Waals surface area contributed by atoms with E-state index in [4.69, 9.17) is 0 Å². The van der Waals surface area contributed by atoms with Crippen molar-refractivity contribution in [2.24, 2.45) is 12.0 Å². The van der Waals surface area contributed by atoms with Gasteiger partial charge in [0.15, 0.2) is 5.96 Å². The number of halogens is 2. The molecule has 3 N–H and O–H groups in total. The first kappa shape index (κ1) is 25.3. The summed E-state index contributed by atoms with van der Waals surface area (Å²) in [6.07, 6.45) is 3.44. The summed E-state index contributed by atoms with van der Waals surface area (Å²) in [5.74, 6) is 0.379. The van der Waals surface area contributed by atoms with E-state index < -0.39 is 5.60 Å². The molecule has 1 aromatic carbocycles. The number of benzene rings is 1. The Labute approximate surface area is 189 Å². The van der Waals surface area contributed by atoms with Gasteiger partial charge in [-0.2, -0.15) is 5.10 Å². The zero-order chi connectivity index (χ0) is 20.7. The summed E-state index contributed by atoms with van der Waals surface area (Å²) in [5.41, 5.74) is 1.22. The Bertz CT molecular complexity index is 806. The third-order valence-electron chi connectivity index (χ3n) is 4.29. The Balaban J connectivity index is 0.00000420. The Morgan fingerprint density at radius 2 is 2.07 bits per heavy atom. The highest BCUT2D eigenvalue weighted by atomic mass is 127. The van der Waals surface area contributed by atoms with Crippen LogP contribution in [0.25, 0.3) is 0 Å². The molecule has 29 heavy (non-hydrogen) atoms. The van der Waals surface area contributed by atoms with Gasteiger partial charge in [0.05, 0.1) is 19.3 Å². The number of hydrogen-bond acceptors (Lipinski definition) is 4. The van der Waals surface area contributed by atoms with Gasteiger partial charge in [0.25, 0.3) is 0 Å². The lowest BCUT2D eigenvalue weighted by atomic mass is 10.00. The molecule has 2 aromatic rings. The van der Waals surface area contributed by atoms with Crippen LogP contribution in [0.1, 0.15) is 30.5 Å². The number of nitrogens with one attached hydrogen (secondary N) is 2. The minimum absolute atomic E-state index is 0. The summed E-state index contributed by atoms with van der Waals surface area (Å²) < 4.78 is 15.6. The fourth-order valence-corrected chi connectivity index (χ4v) is 2.76. The maximum atomic E-state index is 13.9. The standard InChI is InChI=1S/C20H31FN6O.HI/c1-6-22-19(24-14-20(2,28)17-11-25-27(5)13-17)23-10-15-7-8-18(21)16(9-15)12-26(3)4;/h7-9,11,13,28H,6,10,12,14H2,1-5H3,(H2,22,23,24);1H. The largest absolute Gasteiger partial charge is 0.383 e. The van der Waals surface area contributed by atoms with Crippen molar-refractivity contribution in [1.29, 1.82) is 0 Å². The number of aromatic nitrogens is 2. The number of guanidine groups is 1. The zero-order valence-corrected chi connectivity index (χ0v) is 20.1. The molecule has 1 aromatic heterocycles.